The number of nitrogen functional groups attached to an aromatic ring is 1. The van der Waals surface area contributed by atoms with Crippen molar-refractivity contribution >= 4 is 27.9 Å². The molecule has 108 valence electrons. The van der Waals surface area contributed by atoms with Crippen LogP contribution in [0.25, 0.3) is 0 Å². The van der Waals surface area contributed by atoms with E-state index in [-0.39, 0.29) is 5.91 Å². The Labute approximate surface area is 123 Å². The molecule has 0 saturated carbocycles. The van der Waals surface area contributed by atoms with E-state index in [1.54, 1.807) is 7.05 Å². The van der Waals surface area contributed by atoms with Gasteiger partial charge in [-0.1, -0.05) is 13.3 Å². The van der Waals surface area contributed by atoms with E-state index in [9.17, 15) is 10.1 Å². The van der Waals surface area contributed by atoms with Crippen molar-refractivity contribution in [2.75, 3.05) is 30.8 Å². The Bertz CT molecular complexity index is 546. The summed E-state index contributed by atoms with van der Waals surface area (Å²) in [4.78, 5) is 14.5. The number of nitrogens with two attached hydrogens (primary N) is 1. The third-order valence-corrected chi connectivity index (χ3v) is 5.12. The van der Waals surface area contributed by atoms with Gasteiger partial charge < -0.3 is 16.0 Å². The van der Waals surface area contributed by atoms with Gasteiger partial charge in [-0.2, -0.15) is 5.26 Å². The lowest BCUT2D eigenvalue weighted by Crippen LogP contribution is -2.35. The highest BCUT2D eigenvalue weighted by molar-refractivity contribution is 7.19. The van der Waals surface area contributed by atoms with Crippen LogP contribution < -0.4 is 16.0 Å². The summed E-state index contributed by atoms with van der Waals surface area (Å²) in [5.74, 6) is 0.432. The Kier molecular flexibility index (Phi) is 4.50. The van der Waals surface area contributed by atoms with Crippen molar-refractivity contribution in [3.8, 4) is 6.07 Å². The standard InChI is InChI=1S/C14H20N4OS/c1-3-9-5-4-6-18(8-9)14-10(7-15)11(16)12(20-14)13(19)17-2/h9H,3-6,8,16H2,1-2H3,(H,17,19). The maximum absolute atomic E-state index is 11.8. The maximum atomic E-state index is 11.8. The van der Waals surface area contributed by atoms with Gasteiger partial charge in [0, 0.05) is 20.1 Å². The summed E-state index contributed by atoms with van der Waals surface area (Å²) in [7, 11) is 1.57. The number of carbonyl (C=O) groups excluding carboxylic acids is 1. The molecule has 1 unspecified atom stereocenters. The van der Waals surface area contributed by atoms with Gasteiger partial charge in [0.15, 0.2) is 0 Å². The average molecular weight is 292 g/mol. The molecule has 0 aliphatic carbocycles. The second-order valence-corrected chi connectivity index (χ2v) is 6.08. The van der Waals surface area contributed by atoms with E-state index in [1.165, 1.54) is 17.8 Å². The number of nitrogens with one attached hydrogen (secondary N) is 1. The van der Waals surface area contributed by atoms with E-state index in [4.69, 9.17) is 5.73 Å². The zero-order valence-corrected chi connectivity index (χ0v) is 12.7. The maximum Gasteiger partial charge on any atom is 0.263 e. The van der Waals surface area contributed by atoms with E-state index in [0.717, 1.165) is 30.9 Å². The Morgan fingerprint density at radius 1 is 1.65 bits per heavy atom. The summed E-state index contributed by atoms with van der Waals surface area (Å²) in [6.45, 7) is 4.06. The van der Waals surface area contributed by atoms with E-state index in [1.807, 2.05) is 0 Å². The Morgan fingerprint density at radius 3 is 3.00 bits per heavy atom. The van der Waals surface area contributed by atoms with Crippen molar-refractivity contribution < 1.29 is 4.79 Å². The Hall–Kier alpha value is -1.74. The van der Waals surface area contributed by atoms with Gasteiger partial charge in [0.25, 0.3) is 5.91 Å². The van der Waals surface area contributed by atoms with Crippen LogP contribution in [-0.2, 0) is 0 Å². The smallest absolute Gasteiger partial charge is 0.263 e. The molecule has 0 spiro atoms. The molecular weight excluding hydrogens is 272 g/mol. The molecule has 0 bridgehead atoms. The molecule has 1 atom stereocenters. The summed E-state index contributed by atoms with van der Waals surface area (Å²) in [5, 5.41) is 12.8. The van der Waals surface area contributed by atoms with Gasteiger partial charge in [0.05, 0.1) is 5.69 Å². The van der Waals surface area contributed by atoms with Crippen molar-refractivity contribution in [2.24, 2.45) is 5.92 Å². The molecule has 1 aliphatic heterocycles. The highest BCUT2D eigenvalue weighted by Gasteiger charge is 2.27. The van der Waals surface area contributed by atoms with Crippen LogP contribution in [-0.4, -0.2) is 26.0 Å². The molecule has 1 aromatic rings. The second kappa shape index (κ2) is 6.14. The Balaban J connectivity index is 2.36. The van der Waals surface area contributed by atoms with Gasteiger partial charge in [0.2, 0.25) is 0 Å². The number of hydrogen-bond acceptors (Lipinski definition) is 5. The van der Waals surface area contributed by atoms with E-state index in [2.05, 4.69) is 23.2 Å². The zero-order valence-electron chi connectivity index (χ0n) is 11.9. The van der Waals surface area contributed by atoms with E-state index in [0.29, 0.717) is 22.0 Å². The third-order valence-electron chi connectivity index (χ3n) is 3.86. The molecule has 1 aliphatic rings. The highest BCUT2D eigenvalue weighted by atomic mass is 32.1. The molecule has 20 heavy (non-hydrogen) atoms. The van der Waals surface area contributed by atoms with Crippen molar-refractivity contribution in [2.45, 2.75) is 26.2 Å². The number of thiophene rings is 1. The molecule has 0 aromatic carbocycles. The predicted molar refractivity (Wildman–Crippen MR) is 82.1 cm³/mol. The summed E-state index contributed by atoms with van der Waals surface area (Å²) in [6.07, 6.45) is 3.50. The summed E-state index contributed by atoms with van der Waals surface area (Å²) in [5.41, 5.74) is 6.73. The number of nitriles is 1. The molecular formula is C14H20N4OS. The fraction of sp³-hybridized carbons (Fsp3) is 0.571. The minimum atomic E-state index is -0.223. The van der Waals surface area contributed by atoms with E-state index >= 15 is 0 Å². The number of piperidine rings is 1. The zero-order chi connectivity index (χ0) is 14.7. The number of carbonyl (C=O) groups is 1. The van der Waals surface area contributed by atoms with Crippen LogP contribution in [0.4, 0.5) is 10.7 Å². The first kappa shape index (κ1) is 14.7. The third kappa shape index (κ3) is 2.59. The number of anilines is 2. The number of hydrogen-bond donors (Lipinski definition) is 2. The van der Waals surface area contributed by atoms with Crippen LogP contribution in [0.2, 0.25) is 0 Å². The first-order valence-electron chi connectivity index (χ1n) is 6.91. The quantitative estimate of drug-likeness (QED) is 0.894. The number of rotatable bonds is 3. The normalized spacial score (nSPS) is 18.6. The molecule has 1 fully saturated rings. The van der Waals surface area contributed by atoms with Crippen LogP contribution in [0.3, 0.4) is 0 Å². The fourth-order valence-corrected chi connectivity index (χ4v) is 3.78. The van der Waals surface area contributed by atoms with Crippen LogP contribution in [0, 0.1) is 17.2 Å². The summed E-state index contributed by atoms with van der Waals surface area (Å²) < 4.78 is 0. The molecule has 1 amide bonds. The van der Waals surface area contributed by atoms with Gasteiger partial charge in [-0.05, 0) is 18.8 Å². The Morgan fingerprint density at radius 2 is 2.40 bits per heavy atom. The van der Waals surface area contributed by atoms with Crippen LogP contribution in [0.5, 0.6) is 0 Å². The lowest BCUT2D eigenvalue weighted by Gasteiger charge is -2.33. The second-order valence-electron chi connectivity index (χ2n) is 5.08. The molecule has 3 N–H and O–H groups in total. The van der Waals surface area contributed by atoms with Gasteiger partial charge in [0.1, 0.15) is 21.5 Å². The van der Waals surface area contributed by atoms with Crippen LogP contribution in [0.1, 0.15) is 41.4 Å². The monoisotopic (exact) mass is 292 g/mol. The predicted octanol–water partition coefficient (Wildman–Crippen LogP) is 2.19. The first-order chi connectivity index (χ1) is 9.62. The average Bonchev–Trinajstić information content (AvgIpc) is 2.83. The molecule has 2 rings (SSSR count). The van der Waals surface area contributed by atoms with Gasteiger partial charge >= 0.3 is 0 Å². The van der Waals surface area contributed by atoms with Crippen LogP contribution >= 0.6 is 11.3 Å². The molecule has 1 aromatic heterocycles. The molecule has 5 nitrogen and oxygen atoms in total. The molecule has 6 heteroatoms. The van der Waals surface area contributed by atoms with Gasteiger partial charge in [-0.3, -0.25) is 4.79 Å². The minimum Gasteiger partial charge on any atom is -0.396 e. The minimum absolute atomic E-state index is 0.223. The van der Waals surface area contributed by atoms with Crippen molar-refractivity contribution in [1.29, 1.82) is 5.26 Å². The molecule has 2 heterocycles. The molecule has 0 radical (unpaired) electrons. The van der Waals surface area contributed by atoms with Crippen molar-refractivity contribution in [3.05, 3.63) is 10.4 Å². The largest absolute Gasteiger partial charge is 0.396 e. The summed E-state index contributed by atoms with van der Waals surface area (Å²) >= 11 is 1.33. The van der Waals surface area contributed by atoms with Crippen molar-refractivity contribution in [3.63, 3.8) is 0 Å². The SMILES string of the molecule is CCC1CCCN(c2sc(C(=O)NC)c(N)c2C#N)C1. The first-order valence-corrected chi connectivity index (χ1v) is 7.73. The van der Waals surface area contributed by atoms with Gasteiger partial charge in [-0.25, -0.2) is 0 Å². The molecule has 1 saturated heterocycles. The lowest BCUT2D eigenvalue weighted by atomic mass is 9.96. The topological polar surface area (TPSA) is 82.2 Å². The van der Waals surface area contributed by atoms with Crippen molar-refractivity contribution in [1.82, 2.24) is 5.32 Å². The van der Waals surface area contributed by atoms with E-state index < -0.39 is 0 Å². The summed E-state index contributed by atoms with van der Waals surface area (Å²) in [6, 6.07) is 2.16. The number of amides is 1. The highest BCUT2D eigenvalue weighted by Crippen LogP contribution is 2.39. The van der Waals surface area contributed by atoms with Gasteiger partial charge in [-0.15, -0.1) is 11.3 Å². The van der Waals surface area contributed by atoms with Crippen LogP contribution in [0.15, 0.2) is 0 Å². The fourth-order valence-electron chi connectivity index (χ4n) is 2.63. The lowest BCUT2D eigenvalue weighted by molar-refractivity contribution is 0.0968. The number of nitrogens with zero attached hydrogens (tertiary/aromatic N) is 2.